The molecule has 0 aromatic rings. The first-order valence-corrected chi connectivity index (χ1v) is 8.18. The molecule has 2 rings (SSSR count). The Bertz CT molecular complexity index is 432. The Morgan fingerprint density at radius 1 is 1.18 bits per heavy atom. The molecule has 6 nitrogen and oxygen atoms in total. The Hall–Kier alpha value is -1.30. The minimum absolute atomic E-state index is 0.142. The topological polar surface area (TPSA) is 59.1 Å². The standard InChI is InChI=1S/C16H28N2O4/c1-6-13(14(19)21-7-2)17-9-12-8-11(17)10-18(12)15(20)22-16(3,4)5/h11-13H,6-10H2,1-5H3. The summed E-state index contributed by atoms with van der Waals surface area (Å²) in [6, 6.07) is 0.172. The molecule has 2 saturated heterocycles. The predicted octanol–water partition coefficient (Wildman–Crippen LogP) is 2.02. The van der Waals surface area contributed by atoms with Gasteiger partial charge in [-0.1, -0.05) is 6.92 Å². The lowest BCUT2D eigenvalue weighted by Gasteiger charge is -2.37. The summed E-state index contributed by atoms with van der Waals surface area (Å²) in [5, 5.41) is 0. The molecule has 1 amide bonds. The third-order valence-corrected chi connectivity index (χ3v) is 4.26. The smallest absolute Gasteiger partial charge is 0.410 e. The summed E-state index contributed by atoms with van der Waals surface area (Å²) in [4.78, 5) is 28.3. The third-order valence-electron chi connectivity index (χ3n) is 4.26. The molecule has 2 aliphatic heterocycles. The van der Waals surface area contributed by atoms with Crippen molar-refractivity contribution in [2.75, 3.05) is 19.7 Å². The van der Waals surface area contributed by atoms with E-state index in [-0.39, 0.29) is 30.2 Å². The van der Waals surface area contributed by atoms with Crippen molar-refractivity contribution in [3.63, 3.8) is 0 Å². The van der Waals surface area contributed by atoms with Crippen molar-refractivity contribution in [1.29, 1.82) is 0 Å². The van der Waals surface area contributed by atoms with Crippen LogP contribution < -0.4 is 0 Å². The summed E-state index contributed by atoms with van der Waals surface area (Å²) in [6.07, 6.45) is 1.40. The number of carbonyl (C=O) groups is 2. The Morgan fingerprint density at radius 2 is 1.86 bits per heavy atom. The monoisotopic (exact) mass is 312 g/mol. The highest BCUT2D eigenvalue weighted by Gasteiger charge is 2.49. The first-order valence-electron chi connectivity index (χ1n) is 8.18. The van der Waals surface area contributed by atoms with E-state index in [4.69, 9.17) is 9.47 Å². The maximum absolute atomic E-state index is 12.2. The van der Waals surface area contributed by atoms with Gasteiger partial charge in [-0.25, -0.2) is 4.79 Å². The average Bonchev–Trinajstić information content (AvgIpc) is 2.98. The van der Waals surface area contributed by atoms with E-state index in [1.807, 2.05) is 39.5 Å². The minimum Gasteiger partial charge on any atom is -0.465 e. The highest BCUT2D eigenvalue weighted by atomic mass is 16.6. The molecular formula is C16H28N2O4. The van der Waals surface area contributed by atoms with Crippen LogP contribution in [0.4, 0.5) is 4.79 Å². The molecule has 0 radical (unpaired) electrons. The van der Waals surface area contributed by atoms with Gasteiger partial charge in [0.1, 0.15) is 11.6 Å². The normalized spacial score (nSPS) is 26.1. The number of rotatable bonds is 4. The number of hydrogen-bond donors (Lipinski definition) is 0. The van der Waals surface area contributed by atoms with Crippen molar-refractivity contribution in [2.45, 2.75) is 71.2 Å². The van der Waals surface area contributed by atoms with Gasteiger partial charge in [-0.05, 0) is 40.5 Å². The van der Waals surface area contributed by atoms with Crippen LogP contribution in [-0.4, -0.2) is 65.3 Å². The number of carbonyl (C=O) groups excluding carboxylic acids is 2. The molecule has 2 bridgehead atoms. The molecule has 0 aromatic heterocycles. The van der Waals surface area contributed by atoms with Gasteiger partial charge in [-0.15, -0.1) is 0 Å². The largest absolute Gasteiger partial charge is 0.465 e. The molecule has 2 fully saturated rings. The Kier molecular flexibility index (Phi) is 5.00. The molecule has 0 spiro atoms. The van der Waals surface area contributed by atoms with E-state index >= 15 is 0 Å². The summed E-state index contributed by atoms with van der Waals surface area (Å²) in [5.74, 6) is -0.152. The average molecular weight is 312 g/mol. The van der Waals surface area contributed by atoms with Gasteiger partial charge in [0, 0.05) is 25.2 Å². The summed E-state index contributed by atoms with van der Waals surface area (Å²) in [5.41, 5.74) is -0.477. The molecule has 2 aliphatic rings. The zero-order valence-corrected chi connectivity index (χ0v) is 14.3. The number of likely N-dealkylation sites (tertiary alicyclic amines) is 2. The predicted molar refractivity (Wildman–Crippen MR) is 82.6 cm³/mol. The lowest BCUT2D eigenvalue weighted by molar-refractivity contribution is -0.150. The van der Waals surface area contributed by atoms with Crippen molar-refractivity contribution in [3.05, 3.63) is 0 Å². The summed E-state index contributed by atoms with van der Waals surface area (Å²) >= 11 is 0. The first kappa shape index (κ1) is 17.1. The van der Waals surface area contributed by atoms with Crippen molar-refractivity contribution in [2.24, 2.45) is 0 Å². The third kappa shape index (κ3) is 3.54. The first-order chi connectivity index (χ1) is 10.3. The van der Waals surface area contributed by atoms with Gasteiger partial charge in [-0.2, -0.15) is 0 Å². The Balaban J connectivity index is 1.97. The Morgan fingerprint density at radius 3 is 2.32 bits per heavy atom. The van der Waals surface area contributed by atoms with Gasteiger partial charge < -0.3 is 14.4 Å². The minimum atomic E-state index is -0.477. The number of nitrogens with zero attached hydrogens (tertiary/aromatic N) is 2. The molecule has 0 saturated carbocycles. The number of hydrogen-bond acceptors (Lipinski definition) is 5. The fraction of sp³-hybridized carbons (Fsp3) is 0.875. The highest BCUT2D eigenvalue weighted by Crippen LogP contribution is 2.34. The van der Waals surface area contributed by atoms with Gasteiger partial charge in [0.2, 0.25) is 0 Å². The van der Waals surface area contributed by atoms with Crippen LogP contribution >= 0.6 is 0 Å². The van der Waals surface area contributed by atoms with E-state index in [2.05, 4.69) is 4.90 Å². The van der Waals surface area contributed by atoms with E-state index in [9.17, 15) is 9.59 Å². The number of esters is 1. The second-order valence-corrected chi connectivity index (χ2v) is 7.05. The molecule has 3 atom stereocenters. The fourth-order valence-corrected chi connectivity index (χ4v) is 3.40. The number of fused-ring (bicyclic) bond motifs is 2. The molecule has 126 valence electrons. The van der Waals surface area contributed by atoms with Crippen LogP contribution in [0.5, 0.6) is 0 Å². The fourth-order valence-electron chi connectivity index (χ4n) is 3.40. The summed E-state index contributed by atoms with van der Waals surface area (Å²) in [6.45, 7) is 11.2. The van der Waals surface area contributed by atoms with Crippen LogP contribution in [-0.2, 0) is 14.3 Å². The van der Waals surface area contributed by atoms with Crippen molar-refractivity contribution in [3.8, 4) is 0 Å². The number of amides is 1. The molecule has 3 unspecified atom stereocenters. The lowest BCUT2D eigenvalue weighted by Crippen LogP contribution is -2.54. The maximum Gasteiger partial charge on any atom is 0.410 e. The van der Waals surface area contributed by atoms with Crippen molar-refractivity contribution in [1.82, 2.24) is 9.80 Å². The molecule has 6 heteroatoms. The molecular weight excluding hydrogens is 284 g/mol. The van der Waals surface area contributed by atoms with Crippen molar-refractivity contribution >= 4 is 12.1 Å². The van der Waals surface area contributed by atoms with Crippen LogP contribution in [0.25, 0.3) is 0 Å². The second-order valence-electron chi connectivity index (χ2n) is 7.05. The maximum atomic E-state index is 12.2. The quantitative estimate of drug-likeness (QED) is 0.743. The van der Waals surface area contributed by atoms with E-state index in [0.29, 0.717) is 13.2 Å². The van der Waals surface area contributed by atoms with E-state index < -0.39 is 5.60 Å². The Labute approximate surface area is 132 Å². The summed E-state index contributed by atoms with van der Waals surface area (Å²) < 4.78 is 10.6. The van der Waals surface area contributed by atoms with Gasteiger partial charge in [0.25, 0.3) is 0 Å². The molecule has 0 aliphatic carbocycles. The number of piperazine rings is 1. The van der Waals surface area contributed by atoms with Gasteiger partial charge in [0.15, 0.2) is 0 Å². The second kappa shape index (κ2) is 6.44. The van der Waals surface area contributed by atoms with E-state index in [1.54, 1.807) is 0 Å². The van der Waals surface area contributed by atoms with Crippen LogP contribution in [0.3, 0.4) is 0 Å². The zero-order chi connectivity index (χ0) is 16.5. The van der Waals surface area contributed by atoms with Crippen LogP contribution in [0.15, 0.2) is 0 Å². The van der Waals surface area contributed by atoms with E-state index in [1.165, 1.54) is 0 Å². The molecule has 0 N–H and O–H groups in total. The number of ether oxygens (including phenoxy) is 2. The van der Waals surface area contributed by atoms with Gasteiger partial charge in [-0.3, -0.25) is 9.69 Å². The summed E-state index contributed by atoms with van der Waals surface area (Å²) in [7, 11) is 0. The highest BCUT2D eigenvalue weighted by molar-refractivity contribution is 5.76. The molecule has 0 aromatic carbocycles. The molecule has 22 heavy (non-hydrogen) atoms. The van der Waals surface area contributed by atoms with Crippen LogP contribution in [0, 0.1) is 0 Å². The zero-order valence-electron chi connectivity index (χ0n) is 14.3. The van der Waals surface area contributed by atoms with Gasteiger partial charge >= 0.3 is 12.1 Å². The lowest BCUT2D eigenvalue weighted by atomic mass is 10.1. The van der Waals surface area contributed by atoms with E-state index in [0.717, 1.165) is 19.4 Å². The van der Waals surface area contributed by atoms with Crippen LogP contribution in [0.2, 0.25) is 0 Å². The van der Waals surface area contributed by atoms with Gasteiger partial charge in [0.05, 0.1) is 6.61 Å². The van der Waals surface area contributed by atoms with Crippen LogP contribution in [0.1, 0.15) is 47.5 Å². The van der Waals surface area contributed by atoms with Crippen molar-refractivity contribution < 1.29 is 19.1 Å². The SMILES string of the molecule is CCOC(=O)C(CC)N1CC2CC1CN2C(=O)OC(C)(C)C. The molecule has 2 heterocycles.